The second-order valence-corrected chi connectivity index (χ2v) is 3.04. The monoisotopic (exact) mass is 174 g/mol. The van der Waals surface area contributed by atoms with Crippen molar-refractivity contribution < 1.29 is 0 Å². The van der Waals surface area contributed by atoms with Crippen molar-refractivity contribution in [3.05, 3.63) is 12.4 Å². The van der Waals surface area contributed by atoms with E-state index in [-0.39, 0.29) is 0 Å². The average molecular weight is 174 g/mol. The molecule has 2 radical (unpaired) electrons. The molecule has 0 unspecified atom stereocenters. The highest BCUT2D eigenvalue weighted by Crippen LogP contribution is 2.06. The number of anilines is 1. The Bertz CT molecular complexity index is 268. The Morgan fingerprint density at radius 1 is 1.23 bits per heavy atom. The van der Waals surface area contributed by atoms with Gasteiger partial charge in [-0.2, -0.15) is 0 Å². The summed E-state index contributed by atoms with van der Waals surface area (Å²) >= 11 is 0. The summed E-state index contributed by atoms with van der Waals surface area (Å²) in [6.45, 7) is 3.98. The summed E-state index contributed by atoms with van der Waals surface area (Å²) in [4.78, 5) is 10.4. The Labute approximate surface area is 78.8 Å². The molecule has 66 valence electrons. The highest BCUT2D eigenvalue weighted by atomic mass is 15.2. The topological polar surface area (TPSA) is 41.1 Å². The summed E-state index contributed by atoms with van der Waals surface area (Å²) in [6.07, 6.45) is 3.32. The molecule has 0 amide bonds. The van der Waals surface area contributed by atoms with Crippen LogP contribution >= 0.6 is 0 Å². The fourth-order valence-corrected chi connectivity index (χ4v) is 1.39. The van der Waals surface area contributed by atoms with E-state index in [0.29, 0.717) is 5.59 Å². The van der Waals surface area contributed by atoms with E-state index >= 15 is 0 Å². The molecule has 4 nitrogen and oxygen atoms in total. The molecular weight excluding hydrogens is 163 g/mol. The zero-order valence-corrected chi connectivity index (χ0v) is 7.40. The van der Waals surface area contributed by atoms with Gasteiger partial charge in [-0.1, -0.05) is 0 Å². The van der Waals surface area contributed by atoms with Gasteiger partial charge in [0.2, 0.25) is 0 Å². The first kappa shape index (κ1) is 8.50. The zero-order valence-electron chi connectivity index (χ0n) is 7.40. The maximum atomic E-state index is 5.45. The van der Waals surface area contributed by atoms with E-state index in [1.165, 1.54) is 0 Å². The molecule has 0 atom stereocenters. The third kappa shape index (κ3) is 1.98. The second-order valence-electron chi connectivity index (χ2n) is 3.04. The van der Waals surface area contributed by atoms with Crippen molar-refractivity contribution in [2.75, 3.05) is 31.1 Å². The Hall–Kier alpha value is -1.10. The van der Waals surface area contributed by atoms with Gasteiger partial charge in [0.25, 0.3) is 0 Å². The number of hydrogen-bond donors (Lipinski definition) is 1. The number of hydrogen-bond acceptors (Lipinski definition) is 4. The molecule has 0 saturated carbocycles. The third-order valence-electron chi connectivity index (χ3n) is 2.10. The van der Waals surface area contributed by atoms with E-state index in [9.17, 15) is 0 Å². The normalized spacial score (nSPS) is 17.4. The van der Waals surface area contributed by atoms with Gasteiger partial charge in [-0.05, 0) is 0 Å². The smallest absolute Gasteiger partial charge is 0.147 e. The number of rotatable bonds is 1. The molecule has 5 heteroatoms. The summed E-state index contributed by atoms with van der Waals surface area (Å²) in [5.41, 5.74) is 0.471. The molecule has 1 fully saturated rings. The molecule has 1 aliphatic heterocycles. The van der Waals surface area contributed by atoms with E-state index in [4.69, 9.17) is 7.85 Å². The molecule has 1 saturated heterocycles. The zero-order chi connectivity index (χ0) is 9.10. The second kappa shape index (κ2) is 3.74. The lowest BCUT2D eigenvalue weighted by Gasteiger charge is -2.27. The van der Waals surface area contributed by atoms with Crippen LogP contribution in [0.15, 0.2) is 12.4 Å². The summed E-state index contributed by atoms with van der Waals surface area (Å²) < 4.78 is 0. The van der Waals surface area contributed by atoms with Crippen LogP contribution in [0, 0.1) is 0 Å². The Morgan fingerprint density at radius 2 is 2.00 bits per heavy atom. The van der Waals surface area contributed by atoms with E-state index in [2.05, 4.69) is 20.2 Å². The Balaban J connectivity index is 2.10. The molecule has 1 aliphatic rings. The number of nitrogens with one attached hydrogen (secondary N) is 1. The van der Waals surface area contributed by atoms with Crippen LogP contribution in [0.2, 0.25) is 0 Å². The first-order chi connectivity index (χ1) is 6.36. The lowest BCUT2D eigenvalue weighted by molar-refractivity contribution is 0.584. The fraction of sp³-hybridized carbons (Fsp3) is 0.500. The van der Waals surface area contributed by atoms with Crippen molar-refractivity contribution >= 4 is 19.3 Å². The SMILES string of the molecule is [B]c1cnc(N2CCNCC2)cn1. The minimum atomic E-state index is 0.471. The first-order valence-electron chi connectivity index (χ1n) is 4.39. The minimum Gasteiger partial charge on any atom is -0.353 e. The predicted molar refractivity (Wildman–Crippen MR) is 52.5 cm³/mol. The number of nitrogens with zero attached hydrogens (tertiary/aromatic N) is 3. The fourth-order valence-electron chi connectivity index (χ4n) is 1.39. The van der Waals surface area contributed by atoms with Crippen molar-refractivity contribution in [2.45, 2.75) is 0 Å². The van der Waals surface area contributed by atoms with Gasteiger partial charge in [-0.15, -0.1) is 0 Å². The van der Waals surface area contributed by atoms with Crippen LogP contribution < -0.4 is 15.8 Å². The van der Waals surface area contributed by atoms with Gasteiger partial charge in [0.1, 0.15) is 13.7 Å². The summed E-state index contributed by atoms with van der Waals surface area (Å²) in [6, 6.07) is 0. The number of piperazine rings is 1. The van der Waals surface area contributed by atoms with Gasteiger partial charge in [-0.3, -0.25) is 4.98 Å². The molecule has 1 aromatic heterocycles. The lowest BCUT2D eigenvalue weighted by atomic mass is 10.1. The van der Waals surface area contributed by atoms with Gasteiger partial charge in [0.05, 0.1) is 6.20 Å². The van der Waals surface area contributed by atoms with E-state index in [0.717, 1.165) is 32.0 Å². The van der Waals surface area contributed by atoms with E-state index in [1.54, 1.807) is 12.4 Å². The van der Waals surface area contributed by atoms with Crippen molar-refractivity contribution in [3.8, 4) is 0 Å². The van der Waals surface area contributed by atoms with Crippen molar-refractivity contribution in [1.29, 1.82) is 0 Å². The highest BCUT2D eigenvalue weighted by molar-refractivity contribution is 6.30. The molecule has 0 bridgehead atoms. The molecule has 2 heterocycles. The maximum absolute atomic E-state index is 5.45. The molecule has 13 heavy (non-hydrogen) atoms. The van der Waals surface area contributed by atoms with Crippen LogP contribution in [0.4, 0.5) is 5.82 Å². The first-order valence-corrected chi connectivity index (χ1v) is 4.39. The van der Waals surface area contributed by atoms with Crippen LogP contribution in [0.3, 0.4) is 0 Å². The Kier molecular flexibility index (Phi) is 2.45. The van der Waals surface area contributed by atoms with Gasteiger partial charge >= 0.3 is 0 Å². The van der Waals surface area contributed by atoms with Crippen molar-refractivity contribution in [3.63, 3.8) is 0 Å². The largest absolute Gasteiger partial charge is 0.353 e. The maximum Gasteiger partial charge on any atom is 0.147 e. The summed E-state index contributed by atoms with van der Waals surface area (Å²) in [7, 11) is 5.45. The summed E-state index contributed by atoms with van der Waals surface area (Å²) in [5, 5.41) is 3.28. The number of aromatic nitrogens is 2. The Morgan fingerprint density at radius 3 is 2.62 bits per heavy atom. The molecule has 0 aromatic carbocycles. The van der Waals surface area contributed by atoms with Gasteiger partial charge in [0.15, 0.2) is 0 Å². The lowest BCUT2D eigenvalue weighted by Crippen LogP contribution is -2.44. The molecular formula is C8H11BN4. The van der Waals surface area contributed by atoms with Gasteiger partial charge < -0.3 is 10.2 Å². The molecule has 1 N–H and O–H groups in total. The standard InChI is InChI=1S/C8H11BN4/c9-7-5-12-8(6-11-7)13-3-1-10-2-4-13/h5-6,10H,1-4H2. The van der Waals surface area contributed by atoms with Gasteiger partial charge in [0, 0.05) is 38.0 Å². The van der Waals surface area contributed by atoms with Crippen LogP contribution in [-0.2, 0) is 0 Å². The average Bonchev–Trinajstić information content (AvgIpc) is 2.20. The summed E-state index contributed by atoms with van der Waals surface area (Å²) in [5.74, 6) is 0.913. The molecule has 1 aromatic rings. The minimum absolute atomic E-state index is 0.471. The van der Waals surface area contributed by atoms with Crippen LogP contribution in [0.25, 0.3) is 0 Å². The molecule has 0 aliphatic carbocycles. The van der Waals surface area contributed by atoms with Crippen LogP contribution in [0.1, 0.15) is 0 Å². The highest BCUT2D eigenvalue weighted by Gasteiger charge is 2.10. The van der Waals surface area contributed by atoms with E-state index < -0.39 is 0 Å². The van der Waals surface area contributed by atoms with Crippen molar-refractivity contribution in [1.82, 2.24) is 15.3 Å². The van der Waals surface area contributed by atoms with Crippen molar-refractivity contribution in [2.24, 2.45) is 0 Å². The quantitative estimate of drug-likeness (QED) is 0.536. The molecule has 2 rings (SSSR count). The van der Waals surface area contributed by atoms with Gasteiger partial charge in [-0.25, -0.2) is 4.98 Å². The van der Waals surface area contributed by atoms with Crippen LogP contribution in [-0.4, -0.2) is 44.0 Å². The van der Waals surface area contributed by atoms with Crippen LogP contribution in [0.5, 0.6) is 0 Å². The third-order valence-corrected chi connectivity index (χ3v) is 2.10. The van der Waals surface area contributed by atoms with E-state index in [1.807, 2.05) is 0 Å². The predicted octanol–water partition coefficient (Wildman–Crippen LogP) is -1.32. The molecule has 0 spiro atoms.